The second kappa shape index (κ2) is 6.38. The zero-order chi connectivity index (χ0) is 18.1. The lowest BCUT2D eigenvalue weighted by molar-refractivity contribution is 0.440. The number of benzene rings is 3. The molecule has 0 unspecified atom stereocenters. The highest BCUT2D eigenvalue weighted by Crippen LogP contribution is 2.32. The van der Waals surface area contributed by atoms with Gasteiger partial charge in [-0.2, -0.15) is 0 Å². The third kappa shape index (κ3) is 2.91. The molecule has 0 atom stereocenters. The van der Waals surface area contributed by atoms with E-state index in [1.165, 1.54) is 0 Å². The van der Waals surface area contributed by atoms with Crippen LogP contribution in [0.25, 0.3) is 33.6 Å². The van der Waals surface area contributed by atoms with E-state index in [1.54, 1.807) is 0 Å². The zero-order valence-electron chi connectivity index (χ0n) is 14.0. The summed E-state index contributed by atoms with van der Waals surface area (Å²) in [6, 6.07) is 23.1. The minimum atomic E-state index is 0.593. The lowest BCUT2D eigenvalue weighted by Gasteiger charge is -2.06. The highest BCUT2D eigenvalue weighted by atomic mass is 16.5. The first-order chi connectivity index (χ1) is 13.4. The summed E-state index contributed by atoms with van der Waals surface area (Å²) in [6.07, 6.45) is 0. The third-order valence-corrected chi connectivity index (χ3v) is 4.19. The van der Waals surface area contributed by atoms with Gasteiger partial charge in [-0.25, -0.2) is 5.10 Å². The Bertz CT molecular complexity index is 1180. The van der Waals surface area contributed by atoms with Gasteiger partial charge in [0.1, 0.15) is 17.0 Å². The van der Waals surface area contributed by atoms with Crippen molar-refractivity contribution in [1.82, 2.24) is 25.8 Å². The monoisotopic (exact) mass is 355 g/mol. The Balaban J connectivity index is 1.49. The largest absolute Gasteiger partial charge is 0.457 e. The highest BCUT2D eigenvalue weighted by molar-refractivity contribution is 5.94. The van der Waals surface area contributed by atoms with E-state index < -0.39 is 0 Å². The van der Waals surface area contributed by atoms with Gasteiger partial charge in [-0.05, 0) is 65.0 Å². The number of aromatic nitrogens is 5. The van der Waals surface area contributed by atoms with E-state index in [0.29, 0.717) is 11.6 Å². The van der Waals surface area contributed by atoms with E-state index in [4.69, 9.17) is 9.26 Å². The summed E-state index contributed by atoms with van der Waals surface area (Å²) in [6.45, 7) is 0. The number of fused-ring (bicyclic) bond motifs is 1. The molecule has 5 aromatic rings. The van der Waals surface area contributed by atoms with Crippen LogP contribution in [0, 0.1) is 0 Å². The number of hydrogen-bond acceptors (Lipinski definition) is 6. The molecule has 1 N–H and O–H groups in total. The number of ether oxygens (including phenoxy) is 1. The molecule has 0 bridgehead atoms. The van der Waals surface area contributed by atoms with Gasteiger partial charge in [0.25, 0.3) is 0 Å². The van der Waals surface area contributed by atoms with Crippen LogP contribution >= 0.6 is 0 Å². The third-order valence-electron chi connectivity index (χ3n) is 4.19. The molecule has 0 spiro atoms. The van der Waals surface area contributed by atoms with Crippen LogP contribution in [0.15, 0.2) is 77.3 Å². The summed E-state index contributed by atoms with van der Waals surface area (Å²) in [4.78, 5) is 0. The van der Waals surface area contributed by atoms with Crippen molar-refractivity contribution in [2.24, 2.45) is 0 Å². The maximum Gasteiger partial charge on any atom is 0.179 e. The normalized spacial score (nSPS) is 11.0. The van der Waals surface area contributed by atoms with Crippen molar-refractivity contribution in [3.63, 3.8) is 0 Å². The molecule has 0 aliphatic rings. The van der Waals surface area contributed by atoms with Gasteiger partial charge in [0.2, 0.25) is 0 Å². The van der Waals surface area contributed by atoms with Crippen molar-refractivity contribution in [1.29, 1.82) is 0 Å². The molecule has 0 fully saturated rings. The molecule has 0 aliphatic heterocycles. The van der Waals surface area contributed by atoms with E-state index in [2.05, 4.69) is 25.8 Å². The number of nitrogens with one attached hydrogen (secondary N) is 1. The molecular weight excluding hydrogens is 342 g/mol. The fourth-order valence-electron chi connectivity index (χ4n) is 2.88. The second-order valence-electron chi connectivity index (χ2n) is 5.93. The molecule has 0 saturated heterocycles. The average Bonchev–Trinajstić information content (AvgIpc) is 3.39. The molecule has 0 radical (unpaired) electrons. The lowest BCUT2D eigenvalue weighted by Crippen LogP contribution is -1.84. The van der Waals surface area contributed by atoms with Crippen LogP contribution in [0.3, 0.4) is 0 Å². The van der Waals surface area contributed by atoms with Crippen molar-refractivity contribution in [2.75, 3.05) is 0 Å². The first kappa shape index (κ1) is 15.3. The molecule has 27 heavy (non-hydrogen) atoms. The van der Waals surface area contributed by atoms with E-state index in [0.717, 1.165) is 33.5 Å². The zero-order valence-corrected chi connectivity index (χ0v) is 14.0. The van der Waals surface area contributed by atoms with Crippen molar-refractivity contribution >= 4 is 10.9 Å². The standard InChI is InChI=1S/C20H13N5O2/c1-2-4-15(5-3-1)26-16-9-6-13(7-10-16)19-17-12-14(20-21-24-25-22-20)8-11-18(17)23-27-19/h1-12H,(H,21,22,24,25). The number of nitrogens with zero attached hydrogens (tertiary/aromatic N) is 4. The Labute approximate surface area is 153 Å². The Kier molecular flexibility index (Phi) is 3.61. The van der Waals surface area contributed by atoms with Gasteiger partial charge < -0.3 is 9.26 Å². The summed E-state index contributed by atoms with van der Waals surface area (Å²) < 4.78 is 11.4. The first-order valence-electron chi connectivity index (χ1n) is 8.34. The van der Waals surface area contributed by atoms with Gasteiger partial charge in [0.05, 0.1) is 5.39 Å². The highest BCUT2D eigenvalue weighted by Gasteiger charge is 2.13. The number of rotatable bonds is 4. The Hall–Kier alpha value is -4.00. The summed E-state index contributed by atoms with van der Waals surface area (Å²) in [5.41, 5.74) is 2.54. The van der Waals surface area contributed by atoms with E-state index >= 15 is 0 Å². The van der Waals surface area contributed by atoms with Gasteiger partial charge in [0, 0.05) is 11.1 Å². The molecule has 0 saturated carbocycles. The molecule has 0 aliphatic carbocycles. The summed E-state index contributed by atoms with van der Waals surface area (Å²) >= 11 is 0. The van der Waals surface area contributed by atoms with Gasteiger partial charge in [-0.1, -0.05) is 23.4 Å². The van der Waals surface area contributed by atoms with Crippen LogP contribution in [0.2, 0.25) is 0 Å². The molecule has 2 heterocycles. The Morgan fingerprint density at radius 1 is 0.815 bits per heavy atom. The summed E-state index contributed by atoms with van der Waals surface area (Å²) in [5.74, 6) is 2.82. The Morgan fingerprint density at radius 2 is 1.59 bits per heavy atom. The number of H-pyrrole nitrogens is 1. The van der Waals surface area contributed by atoms with Crippen LogP contribution < -0.4 is 4.74 Å². The summed E-state index contributed by atoms with van der Waals surface area (Å²) in [5, 5.41) is 19.0. The fraction of sp³-hybridized carbons (Fsp3) is 0. The van der Waals surface area contributed by atoms with Crippen molar-refractivity contribution < 1.29 is 9.26 Å². The topological polar surface area (TPSA) is 89.7 Å². The molecule has 5 rings (SSSR count). The lowest BCUT2D eigenvalue weighted by atomic mass is 10.1. The molecule has 3 aromatic carbocycles. The van der Waals surface area contributed by atoms with Crippen molar-refractivity contribution in [2.45, 2.75) is 0 Å². The minimum absolute atomic E-state index is 0.593. The SMILES string of the molecule is c1ccc(Oc2ccc(-c3onc4ccc(-c5nnn[nH]5)cc34)cc2)cc1. The fourth-order valence-corrected chi connectivity index (χ4v) is 2.88. The van der Waals surface area contributed by atoms with E-state index in [1.807, 2.05) is 72.8 Å². The number of para-hydroxylation sites is 1. The molecule has 130 valence electrons. The van der Waals surface area contributed by atoms with Crippen molar-refractivity contribution in [3.05, 3.63) is 72.8 Å². The van der Waals surface area contributed by atoms with Gasteiger partial charge in [-0.3, -0.25) is 0 Å². The first-order valence-corrected chi connectivity index (χ1v) is 8.34. The number of tetrazole rings is 1. The van der Waals surface area contributed by atoms with Gasteiger partial charge >= 0.3 is 0 Å². The molecule has 2 aromatic heterocycles. The predicted octanol–water partition coefficient (Wildman–Crippen LogP) is 4.47. The minimum Gasteiger partial charge on any atom is -0.457 e. The molecule has 7 heteroatoms. The smallest absolute Gasteiger partial charge is 0.179 e. The molecular formula is C20H13N5O2. The maximum absolute atomic E-state index is 5.83. The Morgan fingerprint density at radius 3 is 2.37 bits per heavy atom. The van der Waals surface area contributed by atoms with Crippen LogP contribution in [0.1, 0.15) is 0 Å². The van der Waals surface area contributed by atoms with E-state index in [9.17, 15) is 0 Å². The summed E-state index contributed by atoms with van der Waals surface area (Å²) in [7, 11) is 0. The van der Waals surface area contributed by atoms with Crippen molar-refractivity contribution in [3.8, 4) is 34.2 Å². The van der Waals surface area contributed by atoms with Crippen LogP contribution in [0.5, 0.6) is 11.5 Å². The van der Waals surface area contributed by atoms with E-state index in [-0.39, 0.29) is 0 Å². The van der Waals surface area contributed by atoms with Gasteiger partial charge in [0.15, 0.2) is 11.6 Å². The average molecular weight is 355 g/mol. The molecule has 0 amide bonds. The number of hydrogen-bond donors (Lipinski definition) is 1. The second-order valence-corrected chi connectivity index (χ2v) is 5.93. The van der Waals surface area contributed by atoms with Crippen LogP contribution in [0.4, 0.5) is 0 Å². The predicted molar refractivity (Wildman–Crippen MR) is 99.1 cm³/mol. The van der Waals surface area contributed by atoms with Gasteiger partial charge in [-0.15, -0.1) is 5.10 Å². The number of aromatic amines is 1. The maximum atomic E-state index is 5.83. The quantitative estimate of drug-likeness (QED) is 0.512. The van der Waals surface area contributed by atoms with Crippen LogP contribution in [-0.4, -0.2) is 25.8 Å². The molecule has 7 nitrogen and oxygen atoms in total. The van der Waals surface area contributed by atoms with Crippen LogP contribution in [-0.2, 0) is 0 Å².